The molecule has 0 spiro atoms. The molecule has 1 aliphatic rings. The minimum atomic E-state index is -1.26. The van der Waals surface area contributed by atoms with Gasteiger partial charge in [0.1, 0.15) is 24.2 Å². The average molecular weight is 1090 g/mol. The number of amides is 7. The van der Waals surface area contributed by atoms with Crippen molar-refractivity contribution in [1.82, 2.24) is 42.2 Å². The molecule has 7 amide bonds. The number of carbonyl (C=O) groups excluding carboxylic acids is 9. The second-order valence-corrected chi connectivity index (χ2v) is 21.5. The topological polar surface area (TPSA) is 349 Å². The Morgan fingerprint density at radius 1 is 0.654 bits per heavy atom. The molecule has 1 aromatic carbocycles. The van der Waals surface area contributed by atoms with E-state index >= 15 is 0 Å². The molecule has 0 aliphatic carbocycles. The zero-order valence-electron chi connectivity index (χ0n) is 46.7. The summed E-state index contributed by atoms with van der Waals surface area (Å²) in [7, 11) is 0. The number of hydrogen-bond acceptors (Lipinski definition) is 14. The molecule has 0 unspecified atom stereocenters. The molecule has 0 bridgehead atoms. The number of unbranched alkanes of at least 4 members (excludes halogenated alkanes) is 4. The summed E-state index contributed by atoms with van der Waals surface area (Å²) in [6.07, 6.45) is 6.42. The van der Waals surface area contributed by atoms with Crippen molar-refractivity contribution in [3.63, 3.8) is 0 Å². The summed E-state index contributed by atoms with van der Waals surface area (Å²) in [5, 5.41) is 30.2. The number of nitrogens with zero attached hydrogens (tertiary/aromatic N) is 1. The van der Waals surface area contributed by atoms with Crippen LogP contribution in [0, 0.1) is 23.7 Å². The van der Waals surface area contributed by atoms with Crippen LogP contribution in [0.4, 0.5) is 0 Å². The Hall–Kier alpha value is -6.16. The fourth-order valence-corrected chi connectivity index (χ4v) is 9.50. The van der Waals surface area contributed by atoms with Crippen LogP contribution in [-0.4, -0.2) is 132 Å². The Bertz CT molecular complexity index is 2200. The number of rotatable bonds is 26. The highest BCUT2D eigenvalue weighted by molar-refractivity contribution is 5.98. The van der Waals surface area contributed by atoms with Crippen molar-refractivity contribution in [1.29, 1.82) is 0 Å². The van der Waals surface area contributed by atoms with Crippen LogP contribution in [0.1, 0.15) is 142 Å². The summed E-state index contributed by atoms with van der Waals surface area (Å²) in [5.74, 6) is -8.24. The van der Waals surface area contributed by atoms with E-state index in [-0.39, 0.29) is 102 Å². The average Bonchev–Trinajstić information content (AvgIpc) is 3.40. The van der Waals surface area contributed by atoms with Gasteiger partial charge in [-0.15, -0.1) is 0 Å². The maximum Gasteiger partial charge on any atom is 0.243 e. The number of ketones is 2. The number of Topliss-reactive ketones (excluding diaryl/α,β-unsaturated/α-hetero) is 2. The highest BCUT2D eigenvalue weighted by Crippen LogP contribution is 2.21. The third kappa shape index (κ3) is 24.7. The number of carbonyl (C=O) groups is 9. The van der Waals surface area contributed by atoms with Gasteiger partial charge in [0.05, 0.1) is 24.6 Å². The van der Waals surface area contributed by atoms with E-state index in [1.807, 2.05) is 27.7 Å². The van der Waals surface area contributed by atoms with E-state index in [9.17, 15) is 48.3 Å². The lowest BCUT2D eigenvalue weighted by Gasteiger charge is -2.27. The Balaban J connectivity index is 2.12. The van der Waals surface area contributed by atoms with Crippen LogP contribution < -0.4 is 54.4 Å². The quantitative estimate of drug-likeness (QED) is 0.0598. The molecule has 1 aliphatic heterocycles. The third-order valence-electron chi connectivity index (χ3n) is 13.7. The first-order valence-electron chi connectivity index (χ1n) is 28.1. The van der Waals surface area contributed by atoms with Gasteiger partial charge in [-0.3, -0.25) is 48.1 Å². The summed E-state index contributed by atoms with van der Waals surface area (Å²) in [6.45, 7) is 9.24. The van der Waals surface area contributed by atoms with E-state index in [2.05, 4.69) is 49.1 Å². The molecule has 1 fully saturated rings. The molecule has 1 saturated heterocycles. The lowest BCUT2D eigenvalue weighted by Crippen LogP contribution is -2.59. The number of pyridine rings is 1. The van der Waals surface area contributed by atoms with E-state index in [4.69, 9.17) is 17.2 Å². The summed E-state index contributed by atoms with van der Waals surface area (Å²) in [4.78, 5) is 132. The van der Waals surface area contributed by atoms with Crippen LogP contribution in [0.25, 0.3) is 0 Å². The van der Waals surface area contributed by atoms with Crippen LogP contribution in [-0.2, 0) is 56.0 Å². The number of aromatic nitrogens is 1. The molecule has 21 nitrogen and oxygen atoms in total. The van der Waals surface area contributed by atoms with Crippen molar-refractivity contribution in [2.75, 3.05) is 26.2 Å². The van der Waals surface area contributed by atoms with Crippen molar-refractivity contribution in [3.05, 3.63) is 66.0 Å². The largest absolute Gasteiger partial charge is 0.393 e. The molecule has 21 heteroatoms. The summed E-state index contributed by atoms with van der Waals surface area (Å²) in [6, 6.07) is 5.00. The van der Waals surface area contributed by atoms with E-state index in [1.54, 1.807) is 54.9 Å². The summed E-state index contributed by atoms with van der Waals surface area (Å²) < 4.78 is 0. The smallest absolute Gasteiger partial charge is 0.243 e. The van der Waals surface area contributed by atoms with Crippen molar-refractivity contribution in [3.8, 4) is 0 Å². The highest BCUT2D eigenvalue weighted by Gasteiger charge is 2.36. The number of aliphatic hydroxyl groups is 1. The van der Waals surface area contributed by atoms with Crippen molar-refractivity contribution in [2.24, 2.45) is 40.9 Å². The van der Waals surface area contributed by atoms with Crippen LogP contribution >= 0.6 is 0 Å². The highest BCUT2D eigenvalue weighted by atomic mass is 16.3. The number of nitrogens with two attached hydrogens (primary N) is 3. The summed E-state index contributed by atoms with van der Waals surface area (Å²) >= 11 is 0. The Kier molecular flexibility index (Phi) is 30.6. The van der Waals surface area contributed by atoms with Gasteiger partial charge < -0.3 is 59.5 Å². The SMILES string of the molecule is CCCCCCC[C@@H](O)CC(=O)N[C@H](Cc1cccnc1)C(=O)C[C@H]1CCNC(=O)[C@H](CC(C)C)NC(=O)[C@H](CCN)NC(=O)[C@H](CCN)NC(=O)[C@H](Cc2ccccc2)NC(=O)[C@@H](CC(C)C)CC(=O)[C@H](CCN)NC1=O. The fourth-order valence-electron chi connectivity index (χ4n) is 9.50. The monoisotopic (exact) mass is 1090 g/mol. The van der Waals surface area contributed by atoms with Gasteiger partial charge in [-0.1, -0.05) is 103 Å². The minimum absolute atomic E-state index is 0.00484. The normalized spacial score (nSPS) is 22.6. The van der Waals surface area contributed by atoms with Gasteiger partial charge in [0.2, 0.25) is 41.4 Å². The number of aliphatic hydroxyl groups excluding tert-OH is 1. The van der Waals surface area contributed by atoms with Gasteiger partial charge in [0.15, 0.2) is 11.6 Å². The molecule has 2 heterocycles. The zero-order chi connectivity index (χ0) is 57.6. The van der Waals surface area contributed by atoms with E-state index in [0.717, 1.165) is 32.1 Å². The Morgan fingerprint density at radius 2 is 1.21 bits per heavy atom. The first kappa shape index (κ1) is 66.1. The first-order chi connectivity index (χ1) is 37.3. The van der Waals surface area contributed by atoms with Crippen molar-refractivity contribution < 1.29 is 48.3 Å². The van der Waals surface area contributed by atoms with Crippen LogP contribution in [0.5, 0.6) is 0 Å². The lowest BCUT2D eigenvalue weighted by molar-refractivity contribution is -0.136. The van der Waals surface area contributed by atoms with Crippen LogP contribution in [0.2, 0.25) is 0 Å². The molecular formula is C57H91N11O10. The van der Waals surface area contributed by atoms with Gasteiger partial charge in [-0.2, -0.15) is 0 Å². The molecule has 434 valence electrons. The number of nitrogens with one attached hydrogen (secondary N) is 7. The van der Waals surface area contributed by atoms with Gasteiger partial charge in [-0.25, -0.2) is 0 Å². The molecule has 1 aromatic heterocycles. The number of benzene rings is 1. The summed E-state index contributed by atoms with van der Waals surface area (Å²) in [5.41, 5.74) is 19.2. The van der Waals surface area contributed by atoms with Gasteiger partial charge in [-0.05, 0) is 93.6 Å². The fraction of sp³-hybridized carbons (Fsp3) is 0.649. The van der Waals surface area contributed by atoms with Crippen molar-refractivity contribution >= 4 is 52.9 Å². The second kappa shape index (κ2) is 36.1. The predicted octanol–water partition coefficient (Wildman–Crippen LogP) is 1.70. The standard InChI is InChI=1S/C57H91N11O10/c1-6-7-8-9-13-18-42(69)34-51(72)63-46(31-39-17-14-26-61-35-39)50(71)32-40-22-27-62-54(75)47(29-37(4)5)68-56(77)45(21-25-60)65-55(76)44(20-24-59)66-57(78)48(30-38-15-11-10-12-16-38)67-53(74)41(28-36(2)3)33-49(70)43(19-23-58)64-52(40)73/h10-12,14-17,26,35-37,40-48,69H,6-9,13,18-25,27-34,58-60H2,1-5H3,(H,62,75)(H,63,72)(H,64,73)(H,65,76)(H,66,78)(H,67,74)(H,68,77)/t40-,41+,42-,43+,44+,45+,46-,47+,48+/m1/s1. The molecule has 0 radical (unpaired) electrons. The van der Waals surface area contributed by atoms with E-state index < -0.39 is 114 Å². The third-order valence-corrected chi connectivity index (χ3v) is 13.7. The van der Waals surface area contributed by atoms with E-state index in [1.165, 1.54) is 0 Å². The first-order valence-corrected chi connectivity index (χ1v) is 28.1. The van der Waals surface area contributed by atoms with Crippen LogP contribution in [0.15, 0.2) is 54.9 Å². The molecule has 2 aromatic rings. The Labute approximate surface area is 461 Å². The van der Waals surface area contributed by atoms with E-state index in [0.29, 0.717) is 17.5 Å². The lowest BCUT2D eigenvalue weighted by atomic mass is 9.88. The molecule has 78 heavy (non-hydrogen) atoms. The van der Waals surface area contributed by atoms with Gasteiger partial charge >= 0.3 is 0 Å². The maximum absolute atomic E-state index is 14.7. The molecule has 14 N–H and O–H groups in total. The minimum Gasteiger partial charge on any atom is -0.393 e. The Morgan fingerprint density at radius 3 is 1.79 bits per heavy atom. The van der Waals surface area contributed by atoms with Crippen LogP contribution in [0.3, 0.4) is 0 Å². The zero-order valence-corrected chi connectivity index (χ0v) is 46.7. The molecule has 3 rings (SSSR count). The number of hydrogen-bond donors (Lipinski definition) is 11. The second-order valence-electron chi connectivity index (χ2n) is 21.5. The van der Waals surface area contributed by atoms with Gasteiger partial charge in [0, 0.05) is 56.5 Å². The van der Waals surface area contributed by atoms with Gasteiger partial charge in [0.25, 0.3) is 0 Å². The molecule has 9 atom stereocenters. The maximum atomic E-state index is 14.7. The predicted molar refractivity (Wildman–Crippen MR) is 297 cm³/mol. The van der Waals surface area contributed by atoms with Crippen molar-refractivity contribution in [2.45, 2.75) is 186 Å². The molecular weight excluding hydrogens is 999 g/mol. The molecule has 0 saturated carbocycles.